The second-order valence-corrected chi connectivity index (χ2v) is 4.97. The maximum atomic E-state index is 12.2. The van der Waals surface area contributed by atoms with Crippen LogP contribution in [0.3, 0.4) is 0 Å². The largest absolute Gasteiger partial charge is 0.480 e. The topological polar surface area (TPSA) is 95.9 Å². The van der Waals surface area contributed by atoms with Gasteiger partial charge in [0.05, 0.1) is 7.11 Å². The van der Waals surface area contributed by atoms with Crippen LogP contribution in [0, 0.1) is 5.92 Å². The zero-order valence-electron chi connectivity index (χ0n) is 12.7. The van der Waals surface area contributed by atoms with Crippen molar-refractivity contribution in [2.24, 2.45) is 5.92 Å². The third-order valence-corrected chi connectivity index (χ3v) is 3.09. The molecule has 0 aromatic heterocycles. The number of carboxylic acids is 1. The Morgan fingerprint density at radius 3 is 2.15 bits per heavy atom. The summed E-state index contributed by atoms with van der Waals surface area (Å²) >= 11 is 0. The van der Waals surface area contributed by atoms with Crippen LogP contribution in [0.25, 0.3) is 0 Å². The summed E-state index contributed by atoms with van der Waals surface area (Å²) in [6.07, 6.45) is 0.616. The minimum Gasteiger partial charge on any atom is -0.480 e. The minimum atomic E-state index is -1.10. The molecule has 0 spiro atoms. The zero-order valence-corrected chi connectivity index (χ0v) is 12.7. The Labute approximate surface area is 119 Å². The van der Waals surface area contributed by atoms with Crippen molar-refractivity contribution < 1.29 is 24.2 Å². The SMILES string of the molecule is CCC(C)N(CC(=O)O)C(=O)NC(C(=O)OC)C(C)C. The van der Waals surface area contributed by atoms with E-state index in [0.29, 0.717) is 6.42 Å². The van der Waals surface area contributed by atoms with Gasteiger partial charge in [0.1, 0.15) is 12.6 Å². The van der Waals surface area contributed by atoms with Crippen molar-refractivity contribution in [1.29, 1.82) is 0 Å². The lowest BCUT2D eigenvalue weighted by atomic mass is 10.1. The maximum absolute atomic E-state index is 12.2. The van der Waals surface area contributed by atoms with Crippen molar-refractivity contribution in [3.63, 3.8) is 0 Å². The van der Waals surface area contributed by atoms with Crippen LogP contribution in [0.1, 0.15) is 34.1 Å². The number of nitrogens with one attached hydrogen (secondary N) is 1. The summed E-state index contributed by atoms with van der Waals surface area (Å²) in [5.41, 5.74) is 0. The molecule has 20 heavy (non-hydrogen) atoms. The number of esters is 1. The predicted octanol–water partition coefficient (Wildman–Crippen LogP) is 1.08. The summed E-state index contributed by atoms with van der Waals surface area (Å²) in [5, 5.41) is 11.4. The fourth-order valence-electron chi connectivity index (χ4n) is 1.63. The lowest BCUT2D eigenvalue weighted by Crippen LogP contribution is -2.53. The van der Waals surface area contributed by atoms with Gasteiger partial charge in [-0.15, -0.1) is 0 Å². The van der Waals surface area contributed by atoms with E-state index in [-0.39, 0.29) is 12.0 Å². The molecule has 2 atom stereocenters. The van der Waals surface area contributed by atoms with E-state index in [2.05, 4.69) is 10.1 Å². The second kappa shape index (κ2) is 8.39. The van der Waals surface area contributed by atoms with Crippen LogP contribution in [0.2, 0.25) is 0 Å². The van der Waals surface area contributed by atoms with Crippen LogP contribution in [-0.2, 0) is 14.3 Å². The van der Waals surface area contributed by atoms with Gasteiger partial charge >= 0.3 is 18.0 Å². The lowest BCUT2D eigenvalue weighted by Gasteiger charge is -2.29. The van der Waals surface area contributed by atoms with Crippen LogP contribution >= 0.6 is 0 Å². The van der Waals surface area contributed by atoms with Gasteiger partial charge in [0, 0.05) is 6.04 Å². The standard InChI is InChI=1S/C13H24N2O5/c1-6-9(4)15(7-10(16)17)13(19)14-11(8(2)3)12(18)20-5/h8-9,11H,6-7H2,1-5H3,(H,14,19)(H,16,17). The Morgan fingerprint density at radius 2 is 1.80 bits per heavy atom. The number of aliphatic carboxylic acids is 1. The first-order chi connectivity index (χ1) is 9.24. The fourth-order valence-corrected chi connectivity index (χ4v) is 1.63. The number of amides is 2. The highest BCUT2D eigenvalue weighted by Gasteiger charge is 2.29. The van der Waals surface area contributed by atoms with Gasteiger partial charge in [0.15, 0.2) is 0 Å². The highest BCUT2D eigenvalue weighted by Crippen LogP contribution is 2.08. The summed E-state index contributed by atoms with van der Waals surface area (Å²) in [7, 11) is 1.24. The molecule has 0 saturated heterocycles. The molecule has 0 aromatic carbocycles. The first-order valence-corrected chi connectivity index (χ1v) is 6.61. The van der Waals surface area contributed by atoms with E-state index in [0.717, 1.165) is 0 Å². The highest BCUT2D eigenvalue weighted by molar-refractivity contribution is 5.85. The van der Waals surface area contributed by atoms with Crippen molar-refractivity contribution in [1.82, 2.24) is 10.2 Å². The number of carbonyl (C=O) groups is 3. The Kier molecular flexibility index (Phi) is 7.64. The second-order valence-electron chi connectivity index (χ2n) is 4.97. The zero-order chi connectivity index (χ0) is 15.9. The van der Waals surface area contributed by atoms with Crippen LogP contribution < -0.4 is 5.32 Å². The number of methoxy groups -OCH3 is 1. The molecule has 0 aliphatic carbocycles. The molecule has 0 bridgehead atoms. The van der Waals surface area contributed by atoms with Crippen LogP contribution in [0.4, 0.5) is 4.79 Å². The summed E-state index contributed by atoms with van der Waals surface area (Å²) < 4.78 is 4.63. The number of nitrogens with zero attached hydrogens (tertiary/aromatic N) is 1. The summed E-state index contributed by atoms with van der Waals surface area (Å²) in [6.45, 7) is 6.74. The average Bonchev–Trinajstić information content (AvgIpc) is 2.39. The van der Waals surface area contributed by atoms with Gasteiger partial charge in [-0.25, -0.2) is 9.59 Å². The van der Waals surface area contributed by atoms with Crippen LogP contribution in [0.5, 0.6) is 0 Å². The van der Waals surface area contributed by atoms with Gasteiger partial charge in [-0.3, -0.25) is 4.79 Å². The van der Waals surface area contributed by atoms with Crippen molar-refractivity contribution in [2.75, 3.05) is 13.7 Å². The van der Waals surface area contributed by atoms with E-state index < -0.39 is 30.6 Å². The monoisotopic (exact) mass is 288 g/mol. The van der Waals surface area contributed by atoms with Gasteiger partial charge in [0.25, 0.3) is 0 Å². The molecule has 7 nitrogen and oxygen atoms in total. The van der Waals surface area contributed by atoms with Crippen LogP contribution in [-0.4, -0.2) is 53.7 Å². The number of hydrogen-bond acceptors (Lipinski definition) is 4. The molecule has 0 aromatic rings. The number of carboxylic acid groups (broad SMARTS) is 1. The number of hydrogen-bond donors (Lipinski definition) is 2. The molecule has 0 rings (SSSR count). The highest BCUT2D eigenvalue weighted by atomic mass is 16.5. The lowest BCUT2D eigenvalue weighted by molar-refractivity contribution is -0.144. The van der Waals surface area contributed by atoms with Crippen molar-refractivity contribution >= 4 is 18.0 Å². The molecular formula is C13H24N2O5. The van der Waals surface area contributed by atoms with Crippen molar-refractivity contribution in [3.8, 4) is 0 Å². The van der Waals surface area contributed by atoms with E-state index in [1.165, 1.54) is 12.0 Å². The van der Waals surface area contributed by atoms with Gasteiger partial charge in [-0.2, -0.15) is 0 Å². The molecule has 116 valence electrons. The maximum Gasteiger partial charge on any atom is 0.328 e. The van der Waals surface area contributed by atoms with Gasteiger partial charge in [-0.05, 0) is 19.3 Å². The third-order valence-electron chi connectivity index (χ3n) is 3.09. The van der Waals surface area contributed by atoms with Gasteiger partial charge in [0.2, 0.25) is 0 Å². The van der Waals surface area contributed by atoms with Gasteiger partial charge in [-0.1, -0.05) is 20.8 Å². The quantitative estimate of drug-likeness (QED) is 0.683. The minimum absolute atomic E-state index is 0.157. The normalized spacial score (nSPS) is 13.5. The number of urea groups is 1. The van der Waals surface area contributed by atoms with Crippen LogP contribution in [0.15, 0.2) is 0 Å². The first kappa shape index (κ1) is 18.2. The van der Waals surface area contributed by atoms with E-state index in [4.69, 9.17) is 5.11 Å². The molecule has 2 amide bonds. The summed E-state index contributed by atoms with van der Waals surface area (Å²) in [4.78, 5) is 35.8. The van der Waals surface area contributed by atoms with Crippen molar-refractivity contribution in [3.05, 3.63) is 0 Å². The number of rotatable bonds is 7. The van der Waals surface area contributed by atoms with E-state index in [1.807, 2.05) is 6.92 Å². The molecule has 0 aliphatic heterocycles. The fraction of sp³-hybridized carbons (Fsp3) is 0.769. The molecule has 0 fully saturated rings. The molecule has 0 saturated carbocycles. The van der Waals surface area contributed by atoms with Gasteiger partial charge < -0.3 is 20.1 Å². The average molecular weight is 288 g/mol. The molecule has 2 N–H and O–H groups in total. The molecule has 7 heteroatoms. The predicted molar refractivity (Wildman–Crippen MR) is 73.3 cm³/mol. The molecule has 0 aliphatic rings. The van der Waals surface area contributed by atoms with E-state index >= 15 is 0 Å². The summed E-state index contributed by atoms with van der Waals surface area (Å²) in [6, 6.07) is -1.62. The summed E-state index contributed by atoms with van der Waals surface area (Å²) in [5.74, 6) is -1.80. The third kappa shape index (κ3) is 5.46. The molecule has 0 radical (unpaired) electrons. The van der Waals surface area contributed by atoms with Crippen molar-refractivity contribution in [2.45, 2.75) is 46.2 Å². The number of ether oxygens (including phenoxy) is 1. The Morgan fingerprint density at radius 1 is 1.25 bits per heavy atom. The molecule has 2 unspecified atom stereocenters. The van der Waals surface area contributed by atoms with E-state index in [9.17, 15) is 14.4 Å². The Balaban J connectivity index is 4.96. The Bertz CT molecular complexity index is 357. The smallest absolute Gasteiger partial charge is 0.328 e. The Hall–Kier alpha value is -1.79. The van der Waals surface area contributed by atoms with E-state index in [1.54, 1.807) is 20.8 Å². The number of carbonyl (C=O) groups excluding carboxylic acids is 2. The molecule has 0 heterocycles. The molecular weight excluding hydrogens is 264 g/mol. The first-order valence-electron chi connectivity index (χ1n) is 6.61.